The first kappa shape index (κ1) is 15.1. The van der Waals surface area contributed by atoms with E-state index in [2.05, 4.69) is 0 Å². The lowest BCUT2D eigenvalue weighted by molar-refractivity contribution is 0.273. The normalized spacial score (nSPS) is 11.8. The molecule has 0 fully saturated rings. The van der Waals surface area contributed by atoms with Crippen molar-refractivity contribution in [1.29, 1.82) is 0 Å². The van der Waals surface area contributed by atoms with Gasteiger partial charge in [0, 0.05) is 5.56 Å². The van der Waals surface area contributed by atoms with Crippen LogP contribution in [0.25, 0.3) is 0 Å². The van der Waals surface area contributed by atoms with Crippen LogP contribution in [0.2, 0.25) is 0 Å². The molecule has 112 valence electrons. The molecule has 0 bridgehead atoms. The zero-order valence-electron chi connectivity index (χ0n) is 12.0. The van der Waals surface area contributed by atoms with Crippen molar-refractivity contribution in [3.63, 3.8) is 0 Å². The molecular weight excluding hydrogens is 273 g/mol. The fourth-order valence-corrected chi connectivity index (χ4v) is 1.96. The Morgan fingerprint density at radius 1 is 1.05 bits per heavy atom. The Morgan fingerprint density at radius 2 is 1.81 bits per heavy atom. The zero-order chi connectivity index (χ0) is 15.2. The highest BCUT2D eigenvalue weighted by molar-refractivity contribution is 5.42. The first-order chi connectivity index (χ1) is 10.2. The Kier molecular flexibility index (Phi) is 5.00. The van der Waals surface area contributed by atoms with E-state index in [4.69, 9.17) is 19.9 Å². The van der Waals surface area contributed by atoms with Crippen LogP contribution in [0.4, 0.5) is 4.39 Å². The van der Waals surface area contributed by atoms with E-state index in [-0.39, 0.29) is 12.4 Å². The third kappa shape index (κ3) is 3.64. The summed E-state index contributed by atoms with van der Waals surface area (Å²) in [6.45, 7) is 0.129. The molecule has 2 aromatic rings. The Hall–Kier alpha value is -2.27. The van der Waals surface area contributed by atoms with Crippen molar-refractivity contribution in [2.24, 2.45) is 5.73 Å². The molecule has 2 rings (SSSR count). The van der Waals surface area contributed by atoms with E-state index >= 15 is 0 Å². The molecule has 2 aromatic carbocycles. The van der Waals surface area contributed by atoms with Gasteiger partial charge in [-0.2, -0.15) is 0 Å². The largest absolute Gasteiger partial charge is 0.497 e. The minimum absolute atomic E-state index is 0.129. The average Bonchev–Trinajstić information content (AvgIpc) is 2.53. The number of rotatable bonds is 6. The molecule has 5 heteroatoms. The highest BCUT2D eigenvalue weighted by Gasteiger charge is 2.15. The van der Waals surface area contributed by atoms with Crippen LogP contribution in [0.15, 0.2) is 42.5 Å². The van der Waals surface area contributed by atoms with Gasteiger partial charge in [-0.1, -0.05) is 12.1 Å². The molecule has 0 aliphatic rings. The van der Waals surface area contributed by atoms with E-state index in [1.54, 1.807) is 50.6 Å². The third-order valence-corrected chi connectivity index (χ3v) is 3.09. The smallest absolute Gasteiger partial charge is 0.165 e. The molecule has 0 aromatic heterocycles. The maximum Gasteiger partial charge on any atom is 0.165 e. The van der Waals surface area contributed by atoms with Crippen LogP contribution in [-0.4, -0.2) is 20.8 Å². The minimum atomic E-state index is -0.463. The molecule has 0 saturated heterocycles. The molecule has 0 saturated carbocycles. The Morgan fingerprint density at radius 3 is 2.48 bits per heavy atom. The van der Waals surface area contributed by atoms with E-state index in [9.17, 15) is 4.39 Å². The highest BCUT2D eigenvalue weighted by atomic mass is 19.1. The van der Waals surface area contributed by atoms with Gasteiger partial charge in [0.2, 0.25) is 0 Å². The lowest BCUT2D eigenvalue weighted by Crippen LogP contribution is -2.20. The second-order valence-electron chi connectivity index (χ2n) is 4.46. The van der Waals surface area contributed by atoms with Gasteiger partial charge in [-0.25, -0.2) is 4.39 Å². The van der Waals surface area contributed by atoms with E-state index in [0.29, 0.717) is 11.5 Å². The summed E-state index contributed by atoms with van der Waals surface area (Å²) in [6.07, 6.45) is 0. The van der Waals surface area contributed by atoms with E-state index in [1.165, 1.54) is 6.07 Å². The van der Waals surface area contributed by atoms with E-state index in [1.807, 2.05) is 0 Å². The second-order valence-corrected chi connectivity index (χ2v) is 4.46. The number of halogens is 1. The Labute approximate surface area is 123 Å². The summed E-state index contributed by atoms with van der Waals surface area (Å²) in [4.78, 5) is 0. The topological polar surface area (TPSA) is 53.7 Å². The van der Waals surface area contributed by atoms with Crippen LogP contribution in [0, 0.1) is 5.82 Å². The van der Waals surface area contributed by atoms with Gasteiger partial charge in [0.25, 0.3) is 0 Å². The van der Waals surface area contributed by atoms with Gasteiger partial charge in [-0.3, -0.25) is 0 Å². The summed E-state index contributed by atoms with van der Waals surface area (Å²) < 4.78 is 29.4. The van der Waals surface area contributed by atoms with Crippen molar-refractivity contribution in [1.82, 2.24) is 0 Å². The molecule has 0 aliphatic carbocycles. The average molecular weight is 291 g/mol. The number of benzene rings is 2. The number of hydrogen-bond donors (Lipinski definition) is 1. The predicted molar refractivity (Wildman–Crippen MR) is 78.4 cm³/mol. The highest BCUT2D eigenvalue weighted by Crippen LogP contribution is 2.29. The maximum absolute atomic E-state index is 13.5. The van der Waals surface area contributed by atoms with Gasteiger partial charge in [0.1, 0.15) is 18.1 Å². The van der Waals surface area contributed by atoms with Crippen LogP contribution in [-0.2, 0) is 0 Å². The summed E-state index contributed by atoms with van der Waals surface area (Å²) >= 11 is 0. The molecule has 1 unspecified atom stereocenters. The van der Waals surface area contributed by atoms with Crippen molar-refractivity contribution < 1.29 is 18.6 Å². The van der Waals surface area contributed by atoms with Gasteiger partial charge in [0.15, 0.2) is 11.6 Å². The molecule has 1 atom stereocenters. The van der Waals surface area contributed by atoms with Gasteiger partial charge >= 0.3 is 0 Å². The maximum atomic E-state index is 13.5. The van der Waals surface area contributed by atoms with Gasteiger partial charge in [-0.05, 0) is 30.3 Å². The number of ether oxygens (including phenoxy) is 3. The first-order valence-electron chi connectivity index (χ1n) is 6.50. The molecule has 0 amide bonds. The van der Waals surface area contributed by atoms with Gasteiger partial charge in [-0.15, -0.1) is 0 Å². The number of para-hydroxylation sites is 1. The lowest BCUT2D eigenvalue weighted by Gasteiger charge is -2.17. The third-order valence-electron chi connectivity index (χ3n) is 3.09. The SMILES string of the molecule is COc1ccc(OC)c(C(N)COc2ccccc2F)c1. The molecule has 2 N–H and O–H groups in total. The first-order valence-corrected chi connectivity index (χ1v) is 6.50. The molecule has 4 nitrogen and oxygen atoms in total. The predicted octanol–water partition coefficient (Wildman–Crippen LogP) is 2.92. The number of nitrogens with two attached hydrogens (primary N) is 1. The summed E-state index contributed by atoms with van der Waals surface area (Å²) in [5.41, 5.74) is 6.85. The fraction of sp³-hybridized carbons (Fsp3) is 0.250. The minimum Gasteiger partial charge on any atom is -0.497 e. The van der Waals surface area contributed by atoms with Crippen LogP contribution < -0.4 is 19.9 Å². The fourth-order valence-electron chi connectivity index (χ4n) is 1.96. The van der Waals surface area contributed by atoms with Crippen LogP contribution in [0.1, 0.15) is 11.6 Å². The van der Waals surface area contributed by atoms with Crippen molar-refractivity contribution in [3.8, 4) is 17.2 Å². The molecule has 0 heterocycles. The van der Waals surface area contributed by atoms with Gasteiger partial charge in [0.05, 0.1) is 20.3 Å². The van der Waals surface area contributed by atoms with Crippen molar-refractivity contribution in [2.75, 3.05) is 20.8 Å². The molecule has 0 spiro atoms. The van der Waals surface area contributed by atoms with E-state index < -0.39 is 11.9 Å². The van der Waals surface area contributed by atoms with Crippen molar-refractivity contribution >= 4 is 0 Å². The molecule has 0 aliphatic heterocycles. The van der Waals surface area contributed by atoms with Crippen molar-refractivity contribution in [2.45, 2.75) is 6.04 Å². The molecule has 0 radical (unpaired) electrons. The zero-order valence-corrected chi connectivity index (χ0v) is 12.0. The summed E-state index contributed by atoms with van der Waals surface area (Å²) in [7, 11) is 3.14. The van der Waals surface area contributed by atoms with Crippen LogP contribution in [0.3, 0.4) is 0 Å². The lowest BCUT2D eigenvalue weighted by atomic mass is 10.1. The molecular formula is C16H18FNO3. The van der Waals surface area contributed by atoms with Crippen molar-refractivity contribution in [3.05, 3.63) is 53.8 Å². The number of hydrogen-bond acceptors (Lipinski definition) is 4. The molecule has 21 heavy (non-hydrogen) atoms. The van der Waals surface area contributed by atoms with E-state index in [0.717, 1.165) is 5.56 Å². The summed E-state index contributed by atoms with van der Waals surface area (Å²) in [5, 5.41) is 0. The van der Waals surface area contributed by atoms with Crippen LogP contribution in [0.5, 0.6) is 17.2 Å². The second kappa shape index (κ2) is 6.95. The Bertz CT molecular complexity index is 604. The van der Waals surface area contributed by atoms with Crippen LogP contribution >= 0.6 is 0 Å². The standard InChI is InChI=1S/C16H18FNO3/c1-19-11-7-8-15(20-2)12(9-11)14(18)10-21-16-6-4-3-5-13(16)17/h3-9,14H,10,18H2,1-2H3. The van der Waals surface area contributed by atoms with Gasteiger partial charge < -0.3 is 19.9 Å². The summed E-state index contributed by atoms with van der Waals surface area (Å²) in [6, 6.07) is 11.1. The number of methoxy groups -OCH3 is 2. The summed E-state index contributed by atoms with van der Waals surface area (Å²) in [5.74, 6) is 1.07. The monoisotopic (exact) mass is 291 g/mol. The quantitative estimate of drug-likeness (QED) is 0.889. The Balaban J connectivity index is 2.13.